The van der Waals surface area contributed by atoms with Gasteiger partial charge in [-0.2, -0.15) is 0 Å². The number of aliphatic hydroxyl groups excluding tert-OH is 1. The van der Waals surface area contributed by atoms with Gasteiger partial charge in [-0.05, 0) is 30.2 Å². The molecule has 0 radical (unpaired) electrons. The number of rotatable bonds is 9. The highest BCUT2D eigenvalue weighted by atomic mass is 32.2. The smallest absolute Gasteiger partial charge is 0.338 e. The molecule has 0 amide bonds. The third-order valence-corrected chi connectivity index (χ3v) is 5.58. The monoisotopic (exact) mass is 462 g/mol. The first-order valence-electron chi connectivity index (χ1n) is 10.0. The minimum absolute atomic E-state index is 0.0324. The summed E-state index contributed by atoms with van der Waals surface area (Å²) in [6, 6.07) is 6.50. The normalized spacial score (nSPS) is 12.3. The molecule has 11 heteroatoms. The highest BCUT2D eigenvalue weighted by Gasteiger charge is 2.15. The van der Waals surface area contributed by atoms with Crippen molar-refractivity contribution < 1.29 is 19.4 Å². The Kier molecular flexibility index (Phi) is 7.41. The Morgan fingerprint density at radius 1 is 1.16 bits per heavy atom. The number of imidazole rings is 1. The molecule has 0 aliphatic carbocycles. The maximum Gasteiger partial charge on any atom is 0.338 e. The first-order chi connectivity index (χ1) is 15.2. The number of aliphatic hydroxyl groups is 1. The number of carbonyl (C=O) groups is 1. The Morgan fingerprint density at radius 3 is 2.50 bits per heavy atom. The number of esters is 1. The third kappa shape index (κ3) is 5.40. The Labute approximate surface area is 188 Å². The maximum atomic E-state index is 12.2. The molecule has 1 unspecified atom stereocenters. The van der Waals surface area contributed by atoms with Crippen LogP contribution in [0.25, 0.3) is 11.2 Å². The summed E-state index contributed by atoms with van der Waals surface area (Å²) in [4.78, 5) is 43.3. The fourth-order valence-electron chi connectivity index (χ4n) is 2.80. The standard InChI is InChI=1S/C21H26N4O6S/c1-12(2)9-31-19(28)13-5-7-15(8-6-13)30-10-14(26)11-32-20-22-16-17(23-20)24(3)21(29)25(4)18(16)27/h5-8,12,14,26H,9-11H2,1-4H3,(H,22,23). The summed E-state index contributed by atoms with van der Waals surface area (Å²) in [6.07, 6.45) is -0.810. The Morgan fingerprint density at radius 2 is 1.84 bits per heavy atom. The molecule has 1 atom stereocenters. The van der Waals surface area contributed by atoms with Gasteiger partial charge in [0.1, 0.15) is 12.4 Å². The van der Waals surface area contributed by atoms with Gasteiger partial charge < -0.3 is 19.6 Å². The van der Waals surface area contributed by atoms with Crippen LogP contribution in [-0.2, 0) is 18.8 Å². The largest absolute Gasteiger partial charge is 0.491 e. The number of nitrogens with one attached hydrogen (secondary N) is 1. The Bertz CT molecular complexity index is 1210. The predicted molar refractivity (Wildman–Crippen MR) is 120 cm³/mol. The Balaban J connectivity index is 1.53. The van der Waals surface area contributed by atoms with Crippen molar-refractivity contribution in [2.45, 2.75) is 25.1 Å². The summed E-state index contributed by atoms with van der Waals surface area (Å²) < 4.78 is 13.1. The highest BCUT2D eigenvalue weighted by Crippen LogP contribution is 2.19. The summed E-state index contributed by atoms with van der Waals surface area (Å²) in [7, 11) is 2.94. The van der Waals surface area contributed by atoms with Gasteiger partial charge in [0.05, 0.1) is 18.3 Å². The molecule has 32 heavy (non-hydrogen) atoms. The third-order valence-electron chi connectivity index (χ3n) is 4.57. The Hall–Kier alpha value is -3.05. The van der Waals surface area contributed by atoms with E-state index in [1.807, 2.05) is 13.8 Å². The molecule has 0 saturated carbocycles. The summed E-state index contributed by atoms with van der Waals surface area (Å²) in [5.74, 6) is 0.641. The molecular formula is C21H26N4O6S. The SMILES string of the molecule is CC(C)COC(=O)c1ccc(OCC(O)CSc2nc3c([nH]2)c(=O)n(C)c(=O)n3C)cc1. The van der Waals surface area contributed by atoms with Crippen LogP contribution in [0.3, 0.4) is 0 Å². The molecule has 2 aromatic heterocycles. The van der Waals surface area contributed by atoms with E-state index in [4.69, 9.17) is 9.47 Å². The van der Waals surface area contributed by atoms with E-state index in [1.165, 1.54) is 30.4 Å². The second-order valence-electron chi connectivity index (χ2n) is 7.74. The van der Waals surface area contributed by atoms with Crippen LogP contribution in [-0.4, -0.2) is 55.2 Å². The molecule has 10 nitrogen and oxygen atoms in total. The first-order valence-corrected chi connectivity index (χ1v) is 11.0. The number of hydrogen-bond acceptors (Lipinski definition) is 8. The van der Waals surface area contributed by atoms with E-state index >= 15 is 0 Å². The molecule has 0 bridgehead atoms. The van der Waals surface area contributed by atoms with Gasteiger partial charge >= 0.3 is 11.7 Å². The van der Waals surface area contributed by atoms with Gasteiger partial charge in [-0.15, -0.1) is 0 Å². The number of hydrogen-bond donors (Lipinski definition) is 2. The number of fused-ring (bicyclic) bond motifs is 1. The van der Waals surface area contributed by atoms with Crippen molar-refractivity contribution in [1.82, 2.24) is 19.1 Å². The minimum atomic E-state index is -0.810. The van der Waals surface area contributed by atoms with Crippen molar-refractivity contribution in [3.8, 4) is 5.75 Å². The van der Waals surface area contributed by atoms with Gasteiger partial charge in [0.15, 0.2) is 16.3 Å². The number of thioether (sulfide) groups is 1. The van der Waals surface area contributed by atoms with Gasteiger partial charge in [0.2, 0.25) is 0 Å². The van der Waals surface area contributed by atoms with E-state index in [1.54, 1.807) is 24.3 Å². The van der Waals surface area contributed by atoms with E-state index in [0.29, 0.717) is 23.1 Å². The average molecular weight is 463 g/mol. The van der Waals surface area contributed by atoms with Gasteiger partial charge in [-0.25, -0.2) is 14.6 Å². The average Bonchev–Trinajstić information content (AvgIpc) is 3.22. The fourth-order valence-corrected chi connectivity index (χ4v) is 3.57. The second-order valence-corrected chi connectivity index (χ2v) is 8.75. The van der Waals surface area contributed by atoms with Crippen molar-refractivity contribution in [2.75, 3.05) is 19.0 Å². The van der Waals surface area contributed by atoms with Crippen LogP contribution in [0.2, 0.25) is 0 Å². The zero-order chi connectivity index (χ0) is 23.4. The van der Waals surface area contributed by atoms with Crippen molar-refractivity contribution >= 4 is 28.9 Å². The summed E-state index contributed by atoms with van der Waals surface area (Å²) in [6.45, 7) is 4.32. The molecule has 1 aromatic carbocycles. The van der Waals surface area contributed by atoms with Crippen LogP contribution in [0, 0.1) is 5.92 Å². The highest BCUT2D eigenvalue weighted by molar-refractivity contribution is 7.99. The van der Waals surface area contributed by atoms with Crippen molar-refractivity contribution in [3.63, 3.8) is 0 Å². The number of ether oxygens (including phenoxy) is 2. The quantitative estimate of drug-likeness (QED) is 0.360. The lowest BCUT2D eigenvalue weighted by molar-refractivity contribution is 0.0459. The van der Waals surface area contributed by atoms with Crippen LogP contribution in [0.1, 0.15) is 24.2 Å². The lowest BCUT2D eigenvalue weighted by atomic mass is 10.2. The number of aromatic nitrogens is 4. The number of nitrogens with zero attached hydrogens (tertiary/aromatic N) is 3. The predicted octanol–water partition coefficient (Wildman–Crippen LogP) is 1.31. The van der Waals surface area contributed by atoms with Gasteiger partial charge in [0.25, 0.3) is 5.56 Å². The van der Waals surface area contributed by atoms with E-state index in [-0.39, 0.29) is 35.4 Å². The molecule has 2 N–H and O–H groups in total. The molecule has 0 saturated heterocycles. The number of aromatic amines is 1. The second kappa shape index (κ2) is 10.0. The summed E-state index contributed by atoms with van der Waals surface area (Å²) in [5.41, 5.74) is 0.00814. The molecule has 3 rings (SSSR count). The molecule has 0 aliphatic rings. The summed E-state index contributed by atoms with van der Waals surface area (Å²) in [5, 5.41) is 10.6. The van der Waals surface area contributed by atoms with Gasteiger partial charge in [-0.1, -0.05) is 25.6 Å². The van der Waals surface area contributed by atoms with E-state index in [0.717, 1.165) is 4.57 Å². The van der Waals surface area contributed by atoms with E-state index in [2.05, 4.69) is 9.97 Å². The van der Waals surface area contributed by atoms with Crippen LogP contribution in [0.15, 0.2) is 39.0 Å². The topological polar surface area (TPSA) is 128 Å². The molecule has 172 valence electrons. The molecule has 0 spiro atoms. The first kappa shape index (κ1) is 23.6. The van der Waals surface area contributed by atoms with Crippen LogP contribution in [0.5, 0.6) is 5.75 Å². The van der Waals surface area contributed by atoms with Crippen molar-refractivity contribution in [3.05, 3.63) is 50.7 Å². The van der Waals surface area contributed by atoms with Crippen LogP contribution >= 0.6 is 11.8 Å². The number of aryl methyl sites for hydroxylation is 1. The molecule has 0 fully saturated rings. The van der Waals surface area contributed by atoms with Crippen molar-refractivity contribution in [1.29, 1.82) is 0 Å². The molecule has 2 heterocycles. The van der Waals surface area contributed by atoms with E-state index in [9.17, 15) is 19.5 Å². The maximum absolute atomic E-state index is 12.2. The van der Waals surface area contributed by atoms with E-state index < -0.39 is 17.4 Å². The molecule has 3 aromatic rings. The number of carbonyl (C=O) groups excluding carboxylic acids is 1. The molecular weight excluding hydrogens is 436 g/mol. The van der Waals surface area contributed by atoms with Gasteiger partial charge in [-0.3, -0.25) is 13.9 Å². The lowest BCUT2D eigenvalue weighted by Gasteiger charge is -2.12. The van der Waals surface area contributed by atoms with Gasteiger partial charge in [0, 0.05) is 19.8 Å². The number of benzene rings is 1. The summed E-state index contributed by atoms with van der Waals surface area (Å²) >= 11 is 1.21. The minimum Gasteiger partial charge on any atom is -0.491 e. The van der Waals surface area contributed by atoms with Crippen molar-refractivity contribution in [2.24, 2.45) is 20.0 Å². The molecule has 0 aliphatic heterocycles. The fraction of sp³-hybridized carbons (Fsp3) is 0.429. The van der Waals surface area contributed by atoms with Crippen LogP contribution < -0.4 is 16.0 Å². The lowest BCUT2D eigenvalue weighted by Crippen LogP contribution is -2.36. The van der Waals surface area contributed by atoms with Crippen LogP contribution in [0.4, 0.5) is 0 Å². The zero-order valence-electron chi connectivity index (χ0n) is 18.3. The number of H-pyrrole nitrogens is 1. The zero-order valence-corrected chi connectivity index (χ0v) is 19.1.